The largest absolute Gasteiger partial charge is 0.454 e. The second-order valence-corrected chi connectivity index (χ2v) is 6.92. The van der Waals surface area contributed by atoms with Gasteiger partial charge in [0, 0.05) is 11.3 Å². The lowest BCUT2D eigenvalue weighted by Gasteiger charge is -2.26. The molecule has 2 aromatic carbocycles. The molecule has 132 valence electrons. The van der Waals surface area contributed by atoms with Crippen LogP contribution < -0.4 is 20.5 Å². The number of fused-ring (bicyclic) bond motifs is 2. The fraction of sp³-hybridized carbons (Fsp3) is 0.278. The van der Waals surface area contributed by atoms with Gasteiger partial charge in [-0.25, -0.2) is 0 Å². The third-order valence-electron chi connectivity index (χ3n) is 4.48. The summed E-state index contributed by atoms with van der Waals surface area (Å²) in [5, 5.41) is 3.13. The lowest BCUT2D eigenvalue weighted by Crippen LogP contribution is -2.31. The number of ether oxygens (including phenoxy) is 2. The van der Waals surface area contributed by atoms with Crippen LogP contribution >= 0.6 is 28.3 Å². The first kappa shape index (κ1) is 17.9. The van der Waals surface area contributed by atoms with E-state index in [1.54, 1.807) is 12.1 Å². The molecule has 0 saturated heterocycles. The highest BCUT2D eigenvalue weighted by Crippen LogP contribution is 2.40. The fourth-order valence-electron chi connectivity index (χ4n) is 3.32. The Kier molecular flexibility index (Phi) is 5.11. The molecule has 7 heteroatoms. The highest BCUT2D eigenvalue weighted by molar-refractivity contribution is 9.10. The summed E-state index contributed by atoms with van der Waals surface area (Å²) < 4.78 is 11.5. The van der Waals surface area contributed by atoms with Gasteiger partial charge in [-0.2, -0.15) is 0 Å². The number of hydrogen-bond acceptors (Lipinski definition) is 4. The SMILES string of the molecule is Cl.Nc1ccc2c(c1)CCCC2NC(=O)c1cc(Br)c2c(c1)OCO2. The minimum atomic E-state index is -0.122. The summed E-state index contributed by atoms with van der Waals surface area (Å²) in [7, 11) is 0. The summed E-state index contributed by atoms with van der Waals surface area (Å²) in [6.07, 6.45) is 2.96. The van der Waals surface area contributed by atoms with E-state index in [9.17, 15) is 4.79 Å². The van der Waals surface area contributed by atoms with E-state index < -0.39 is 0 Å². The second-order valence-electron chi connectivity index (χ2n) is 6.07. The Morgan fingerprint density at radius 2 is 2.08 bits per heavy atom. The number of benzene rings is 2. The first-order chi connectivity index (χ1) is 11.6. The average molecular weight is 426 g/mol. The Balaban J connectivity index is 0.00000182. The monoisotopic (exact) mass is 424 g/mol. The molecule has 1 unspecified atom stereocenters. The molecule has 2 aliphatic rings. The van der Waals surface area contributed by atoms with Gasteiger partial charge in [0.2, 0.25) is 6.79 Å². The van der Waals surface area contributed by atoms with Crippen LogP contribution in [0.4, 0.5) is 5.69 Å². The standard InChI is InChI=1S/C18H17BrN2O3.ClH/c19-14-7-11(8-16-17(14)24-9-23-16)18(22)21-15-3-1-2-10-6-12(20)4-5-13(10)15;/h4-8,15H,1-3,9,20H2,(H,21,22);1H. The predicted octanol–water partition coefficient (Wildman–Crippen LogP) is 3.99. The van der Waals surface area contributed by atoms with Crippen molar-refractivity contribution < 1.29 is 14.3 Å². The second kappa shape index (κ2) is 7.14. The summed E-state index contributed by atoms with van der Waals surface area (Å²) in [6.45, 7) is 0.177. The Hall–Kier alpha value is -1.92. The Morgan fingerprint density at radius 1 is 1.24 bits per heavy atom. The number of carbonyl (C=O) groups excluding carboxylic acids is 1. The molecule has 2 aromatic rings. The zero-order valence-electron chi connectivity index (χ0n) is 13.4. The third-order valence-corrected chi connectivity index (χ3v) is 5.07. The van der Waals surface area contributed by atoms with Crippen molar-refractivity contribution in [3.05, 3.63) is 51.5 Å². The minimum absolute atomic E-state index is 0. The maximum Gasteiger partial charge on any atom is 0.251 e. The van der Waals surface area contributed by atoms with E-state index >= 15 is 0 Å². The molecule has 0 radical (unpaired) electrons. The number of hydrogen-bond donors (Lipinski definition) is 2. The molecule has 1 atom stereocenters. The van der Waals surface area contributed by atoms with Crippen LogP contribution in [0.5, 0.6) is 11.5 Å². The molecule has 0 spiro atoms. The molecule has 5 nitrogen and oxygen atoms in total. The number of nitrogen functional groups attached to an aromatic ring is 1. The van der Waals surface area contributed by atoms with E-state index in [-0.39, 0.29) is 31.1 Å². The maximum absolute atomic E-state index is 12.7. The van der Waals surface area contributed by atoms with Crippen LogP contribution in [-0.4, -0.2) is 12.7 Å². The van der Waals surface area contributed by atoms with Gasteiger partial charge >= 0.3 is 0 Å². The van der Waals surface area contributed by atoms with Gasteiger partial charge in [-0.1, -0.05) is 6.07 Å². The van der Waals surface area contributed by atoms with E-state index in [0.29, 0.717) is 17.1 Å². The molecular weight excluding hydrogens is 408 g/mol. The molecule has 1 heterocycles. The number of nitrogens with one attached hydrogen (secondary N) is 1. The minimum Gasteiger partial charge on any atom is -0.454 e. The molecule has 3 N–H and O–H groups in total. The first-order valence-corrected chi connectivity index (χ1v) is 8.69. The van der Waals surface area contributed by atoms with E-state index in [0.717, 1.165) is 35.0 Å². The zero-order valence-corrected chi connectivity index (χ0v) is 15.8. The van der Waals surface area contributed by atoms with Crippen molar-refractivity contribution >= 4 is 39.9 Å². The smallest absolute Gasteiger partial charge is 0.251 e. The van der Waals surface area contributed by atoms with Crippen molar-refractivity contribution in [3.63, 3.8) is 0 Å². The molecule has 1 aliphatic carbocycles. The molecule has 4 rings (SSSR count). The molecule has 1 amide bonds. The van der Waals surface area contributed by atoms with Gasteiger partial charge in [0.25, 0.3) is 5.91 Å². The van der Waals surface area contributed by atoms with Crippen LogP contribution in [0.1, 0.15) is 40.4 Å². The van der Waals surface area contributed by atoms with Crippen LogP contribution in [0.25, 0.3) is 0 Å². The number of nitrogens with two attached hydrogens (primary N) is 1. The van der Waals surface area contributed by atoms with Crippen LogP contribution in [0.2, 0.25) is 0 Å². The van der Waals surface area contributed by atoms with Crippen LogP contribution in [0, 0.1) is 0 Å². The zero-order chi connectivity index (χ0) is 16.7. The third kappa shape index (κ3) is 3.41. The predicted molar refractivity (Wildman–Crippen MR) is 102 cm³/mol. The highest BCUT2D eigenvalue weighted by Gasteiger charge is 2.25. The lowest BCUT2D eigenvalue weighted by atomic mass is 9.87. The summed E-state index contributed by atoms with van der Waals surface area (Å²) >= 11 is 3.43. The molecule has 0 aromatic heterocycles. The van der Waals surface area contributed by atoms with Gasteiger partial charge < -0.3 is 20.5 Å². The van der Waals surface area contributed by atoms with Crippen molar-refractivity contribution in [1.82, 2.24) is 5.32 Å². The normalized spacial score (nSPS) is 17.4. The van der Waals surface area contributed by atoms with Gasteiger partial charge in [-0.05, 0) is 70.6 Å². The molecule has 0 bridgehead atoms. The summed E-state index contributed by atoms with van der Waals surface area (Å²) in [5.41, 5.74) is 9.56. The number of carbonyl (C=O) groups is 1. The van der Waals surface area contributed by atoms with E-state index in [1.807, 2.05) is 18.2 Å². The van der Waals surface area contributed by atoms with Crippen molar-refractivity contribution in [2.45, 2.75) is 25.3 Å². The molecular formula is C18H18BrClN2O3. The Labute approximate surface area is 160 Å². The topological polar surface area (TPSA) is 73.6 Å². The van der Waals surface area contributed by atoms with Crippen molar-refractivity contribution in [3.8, 4) is 11.5 Å². The van der Waals surface area contributed by atoms with Gasteiger partial charge in [0.05, 0.1) is 10.5 Å². The first-order valence-electron chi connectivity index (χ1n) is 7.90. The summed E-state index contributed by atoms with van der Waals surface area (Å²) in [4.78, 5) is 12.7. The number of rotatable bonds is 2. The number of anilines is 1. The van der Waals surface area contributed by atoms with Gasteiger partial charge in [-0.15, -0.1) is 12.4 Å². The molecule has 0 fully saturated rings. The van der Waals surface area contributed by atoms with E-state index in [1.165, 1.54) is 5.56 Å². The Morgan fingerprint density at radius 3 is 2.92 bits per heavy atom. The molecule has 1 aliphatic heterocycles. The fourth-order valence-corrected chi connectivity index (χ4v) is 3.88. The van der Waals surface area contributed by atoms with Crippen molar-refractivity contribution in [2.75, 3.05) is 12.5 Å². The summed E-state index contributed by atoms with van der Waals surface area (Å²) in [5.74, 6) is 1.11. The van der Waals surface area contributed by atoms with Crippen LogP contribution in [0.15, 0.2) is 34.8 Å². The van der Waals surface area contributed by atoms with Crippen molar-refractivity contribution in [2.24, 2.45) is 0 Å². The van der Waals surface area contributed by atoms with Gasteiger partial charge in [0.15, 0.2) is 11.5 Å². The molecule has 0 saturated carbocycles. The Bertz CT molecular complexity index is 828. The number of halogens is 2. The number of aryl methyl sites for hydroxylation is 1. The van der Waals surface area contributed by atoms with Gasteiger partial charge in [-0.3, -0.25) is 4.79 Å². The van der Waals surface area contributed by atoms with Gasteiger partial charge in [0.1, 0.15) is 0 Å². The molecule has 25 heavy (non-hydrogen) atoms. The average Bonchev–Trinajstić information content (AvgIpc) is 3.04. The van der Waals surface area contributed by atoms with E-state index in [2.05, 4.69) is 21.2 Å². The van der Waals surface area contributed by atoms with Crippen LogP contribution in [0.3, 0.4) is 0 Å². The van der Waals surface area contributed by atoms with E-state index in [4.69, 9.17) is 15.2 Å². The number of amides is 1. The van der Waals surface area contributed by atoms with Crippen molar-refractivity contribution in [1.29, 1.82) is 0 Å². The highest BCUT2D eigenvalue weighted by atomic mass is 79.9. The maximum atomic E-state index is 12.7. The lowest BCUT2D eigenvalue weighted by molar-refractivity contribution is 0.0932. The van der Waals surface area contributed by atoms with Crippen LogP contribution in [-0.2, 0) is 6.42 Å². The quantitative estimate of drug-likeness (QED) is 0.714. The summed E-state index contributed by atoms with van der Waals surface area (Å²) in [6, 6.07) is 9.39.